The van der Waals surface area contributed by atoms with Gasteiger partial charge in [-0.05, 0) is 36.2 Å². The maximum Gasteiger partial charge on any atom is 0.143 e. The first-order chi connectivity index (χ1) is 12.2. The summed E-state index contributed by atoms with van der Waals surface area (Å²) in [6.45, 7) is 11.2. The van der Waals surface area contributed by atoms with E-state index >= 15 is 0 Å². The van der Waals surface area contributed by atoms with Crippen LogP contribution in [0.4, 0.5) is 0 Å². The van der Waals surface area contributed by atoms with Crippen molar-refractivity contribution in [3.63, 3.8) is 0 Å². The Hall–Kier alpha value is -1.85. The number of nitrogens with zero attached hydrogens (tertiary/aromatic N) is 3. The predicted octanol–water partition coefficient (Wildman–Crippen LogP) is 6.12. The van der Waals surface area contributed by atoms with Crippen LogP contribution in [-0.4, -0.2) is 15.0 Å². The highest BCUT2D eigenvalue weighted by Gasteiger charge is 2.26. The summed E-state index contributed by atoms with van der Waals surface area (Å²) >= 11 is 3.51. The van der Waals surface area contributed by atoms with E-state index in [9.17, 15) is 0 Å². The monoisotopic (exact) mass is 381 g/mol. The average Bonchev–Trinajstić information content (AvgIpc) is 3.18. The number of benzene rings is 1. The lowest BCUT2D eigenvalue weighted by atomic mass is 9.86. The van der Waals surface area contributed by atoms with Crippen molar-refractivity contribution in [2.45, 2.75) is 51.9 Å². The maximum atomic E-state index is 4.83. The van der Waals surface area contributed by atoms with Crippen molar-refractivity contribution in [2.24, 2.45) is 0 Å². The molecule has 0 spiro atoms. The van der Waals surface area contributed by atoms with Crippen molar-refractivity contribution in [3.05, 3.63) is 52.1 Å². The van der Waals surface area contributed by atoms with Gasteiger partial charge in [-0.2, -0.15) is 0 Å². The minimum Gasteiger partial charge on any atom is -0.244 e. The third-order valence-corrected chi connectivity index (χ3v) is 7.27. The van der Waals surface area contributed by atoms with E-state index in [1.54, 1.807) is 11.3 Å². The molecular formula is C21H23N3S2. The molecule has 4 aromatic rings. The fourth-order valence-corrected chi connectivity index (χ4v) is 5.14. The van der Waals surface area contributed by atoms with Crippen LogP contribution in [0.15, 0.2) is 36.5 Å². The van der Waals surface area contributed by atoms with Gasteiger partial charge in [0.1, 0.15) is 15.4 Å². The molecule has 0 radical (unpaired) electrons. The van der Waals surface area contributed by atoms with E-state index in [1.165, 1.54) is 15.3 Å². The Morgan fingerprint density at radius 2 is 1.65 bits per heavy atom. The highest BCUT2D eigenvalue weighted by atomic mass is 32.1. The second-order valence-corrected chi connectivity index (χ2v) is 10.5. The molecule has 3 aromatic heterocycles. The van der Waals surface area contributed by atoms with Crippen molar-refractivity contribution in [2.75, 3.05) is 0 Å². The second kappa shape index (κ2) is 6.10. The first-order valence-electron chi connectivity index (χ1n) is 8.84. The molecule has 0 saturated heterocycles. The van der Waals surface area contributed by atoms with Crippen LogP contribution >= 0.6 is 22.7 Å². The molecule has 0 saturated carbocycles. The molecule has 0 bridgehead atoms. The van der Waals surface area contributed by atoms with E-state index in [2.05, 4.69) is 57.8 Å². The summed E-state index contributed by atoms with van der Waals surface area (Å²) in [5, 5.41) is 2.34. The van der Waals surface area contributed by atoms with Crippen LogP contribution < -0.4 is 0 Å². The number of hydrogen-bond acceptors (Lipinski definition) is 5. The molecule has 0 fully saturated rings. The minimum absolute atomic E-state index is 0.0312. The number of fused-ring (bicyclic) bond motifs is 2. The van der Waals surface area contributed by atoms with Gasteiger partial charge in [0.25, 0.3) is 0 Å². The van der Waals surface area contributed by atoms with E-state index in [-0.39, 0.29) is 10.8 Å². The zero-order valence-electron chi connectivity index (χ0n) is 15.8. The summed E-state index contributed by atoms with van der Waals surface area (Å²) in [4.78, 5) is 15.1. The average molecular weight is 382 g/mol. The largest absolute Gasteiger partial charge is 0.244 e. The molecule has 26 heavy (non-hydrogen) atoms. The molecule has 5 heteroatoms. The van der Waals surface area contributed by atoms with Crippen molar-refractivity contribution in [3.8, 4) is 0 Å². The molecule has 3 heterocycles. The van der Waals surface area contributed by atoms with Gasteiger partial charge < -0.3 is 0 Å². The Morgan fingerprint density at radius 3 is 2.38 bits per heavy atom. The SMILES string of the molecule is CC(C)(C)c1nc2ccc(CC(C)(C)c3nc4cccnc4s3)cc2s1. The first kappa shape index (κ1) is 17.6. The molecule has 0 aliphatic rings. The minimum atomic E-state index is -0.0312. The van der Waals surface area contributed by atoms with Crippen molar-refractivity contribution < 1.29 is 0 Å². The highest BCUT2D eigenvalue weighted by Crippen LogP contribution is 2.35. The second-order valence-electron chi connectivity index (χ2n) is 8.48. The van der Waals surface area contributed by atoms with Crippen LogP contribution in [-0.2, 0) is 17.3 Å². The van der Waals surface area contributed by atoms with Crippen molar-refractivity contribution in [1.29, 1.82) is 0 Å². The van der Waals surface area contributed by atoms with Crippen molar-refractivity contribution >= 4 is 43.2 Å². The summed E-state index contributed by atoms with van der Waals surface area (Å²) in [6.07, 6.45) is 2.79. The summed E-state index contributed by atoms with van der Waals surface area (Å²) in [7, 11) is 0. The van der Waals surface area contributed by atoms with Gasteiger partial charge in [-0.15, -0.1) is 11.3 Å². The van der Waals surface area contributed by atoms with Gasteiger partial charge >= 0.3 is 0 Å². The van der Waals surface area contributed by atoms with E-state index < -0.39 is 0 Å². The Kier molecular flexibility index (Phi) is 4.12. The normalized spacial score (nSPS) is 13.0. The van der Waals surface area contributed by atoms with Crippen LogP contribution in [0.1, 0.15) is 50.2 Å². The molecule has 0 N–H and O–H groups in total. The van der Waals surface area contributed by atoms with Gasteiger partial charge in [0.05, 0.1) is 15.2 Å². The third kappa shape index (κ3) is 3.26. The lowest BCUT2D eigenvalue weighted by molar-refractivity contribution is 0.520. The number of rotatable bonds is 3. The third-order valence-electron chi connectivity index (χ3n) is 4.49. The van der Waals surface area contributed by atoms with Crippen LogP contribution in [0.2, 0.25) is 0 Å². The van der Waals surface area contributed by atoms with Gasteiger partial charge in [0.15, 0.2) is 0 Å². The molecule has 0 unspecified atom stereocenters. The standard InChI is InChI=1S/C21H23N3S2/c1-20(2,3)18-23-14-9-8-13(11-16(14)25-18)12-21(4,5)19-24-15-7-6-10-22-17(15)26-19/h6-11H,12H2,1-5H3. The van der Waals surface area contributed by atoms with Crippen LogP contribution in [0, 0.1) is 0 Å². The van der Waals surface area contributed by atoms with Crippen LogP contribution in [0.25, 0.3) is 20.6 Å². The van der Waals surface area contributed by atoms with Crippen LogP contribution in [0.5, 0.6) is 0 Å². The van der Waals surface area contributed by atoms with E-state index in [4.69, 9.17) is 9.97 Å². The molecule has 0 aliphatic heterocycles. The lowest BCUT2D eigenvalue weighted by Crippen LogP contribution is -2.20. The molecular weight excluding hydrogens is 358 g/mol. The van der Waals surface area contributed by atoms with Crippen LogP contribution in [0.3, 0.4) is 0 Å². The zero-order chi connectivity index (χ0) is 18.5. The fraction of sp³-hybridized carbons (Fsp3) is 0.381. The Labute approximate surface area is 162 Å². The highest BCUT2D eigenvalue weighted by molar-refractivity contribution is 7.18. The number of hydrogen-bond donors (Lipinski definition) is 0. The van der Waals surface area contributed by atoms with Crippen molar-refractivity contribution in [1.82, 2.24) is 15.0 Å². The van der Waals surface area contributed by atoms with E-state index in [0.717, 1.165) is 27.3 Å². The summed E-state index contributed by atoms with van der Waals surface area (Å²) < 4.78 is 1.27. The van der Waals surface area contributed by atoms with Gasteiger partial charge in [-0.3, -0.25) is 0 Å². The molecule has 0 aliphatic carbocycles. The quantitative estimate of drug-likeness (QED) is 0.429. The number of thiazole rings is 2. The first-order valence-corrected chi connectivity index (χ1v) is 10.5. The number of pyridine rings is 1. The van der Waals surface area contributed by atoms with Gasteiger partial charge in [0.2, 0.25) is 0 Å². The molecule has 3 nitrogen and oxygen atoms in total. The molecule has 134 valence electrons. The summed E-state index contributed by atoms with van der Waals surface area (Å²) in [6, 6.07) is 10.7. The lowest BCUT2D eigenvalue weighted by Gasteiger charge is -2.21. The van der Waals surface area contributed by atoms with Gasteiger partial charge in [0, 0.05) is 17.0 Å². The van der Waals surface area contributed by atoms with E-state index in [1.807, 2.05) is 29.7 Å². The predicted molar refractivity (Wildman–Crippen MR) is 112 cm³/mol. The Balaban J connectivity index is 1.66. The molecule has 1 aromatic carbocycles. The molecule has 0 atom stereocenters. The zero-order valence-corrected chi connectivity index (χ0v) is 17.5. The van der Waals surface area contributed by atoms with E-state index in [0.29, 0.717) is 0 Å². The number of aromatic nitrogens is 3. The molecule has 0 amide bonds. The fourth-order valence-electron chi connectivity index (χ4n) is 3.05. The smallest absolute Gasteiger partial charge is 0.143 e. The summed E-state index contributed by atoms with van der Waals surface area (Å²) in [5.41, 5.74) is 3.49. The maximum absolute atomic E-state index is 4.83. The van der Waals surface area contributed by atoms with Gasteiger partial charge in [-0.25, -0.2) is 15.0 Å². The Morgan fingerprint density at radius 1 is 0.885 bits per heavy atom. The van der Waals surface area contributed by atoms with Gasteiger partial charge in [-0.1, -0.05) is 52.0 Å². The topological polar surface area (TPSA) is 38.7 Å². The summed E-state index contributed by atoms with van der Waals surface area (Å²) in [5.74, 6) is 0. The Bertz CT molecular complexity index is 1050. The molecule has 4 rings (SSSR count).